The van der Waals surface area contributed by atoms with E-state index < -0.39 is 0 Å². The molecule has 5 heteroatoms. The Morgan fingerprint density at radius 1 is 1.16 bits per heavy atom. The molecule has 0 saturated heterocycles. The molecule has 1 atom stereocenters. The van der Waals surface area contributed by atoms with Crippen molar-refractivity contribution in [3.05, 3.63) is 88.7 Å². The number of carbonyl (C=O) groups excluding carboxylic acids is 1. The van der Waals surface area contributed by atoms with Crippen molar-refractivity contribution in [2.75, 3.05) is 0 Å². The summed E-state index contributed by atoms with van der Waals surface area (Å²) in [5.41, 5.74) is 3.12. The van der Waals surface area contributed by atoms with Gasteiger partial charge < -0.3 is 5.32 Å². The fraction of sp³-hybridized carbons (Fsp3) is 0.200. The highest BCUT2D eigenvalue weighted by Crippen LogP contribution is 2.29. The molecular formula is C20H20ClN3O. The predicted octanol–water partition coefficient (Wildman–Crippen LogP) is 3.91. The van der Waals surface area contributed by atoms with E-state index in [1.54, 1.807) is 10.9 Å². The van der Waals surface area contributed by atoms with Crippen LogP contribution >= 0.6 is 11.6 Å². The standard InChI is InChI=1S/C20H20ClN3O/c1-24-14-15(13-23-24)12-22-20(25)11-19(16-6-3-2-4-7-16)17-8-5-9-18(21)10-17/h2-10,13-14,19H,11-12H2,1H3,(H,22,25)/t19-/m1/s1. The van der Waals surface area contributed by atoms with Gasteiger partial charge >= 0.3 is 0 Å². The lowest BCUT2D eigenvalue weighted by molar-refractivity contribution is -0.121. The molecule has 0 bridgehead atoms. The van der Waals surface area contributed by atoms with Crippen molar-refractivity contribution in [1.82, 2.24) is 15.1 Å². The van der Waals surface area contributed by atoms with Gasteiger partial charge in [-0.2, -0.15) is 5.10 Å². The van der Waals surface area contributed by atoms with E-state index in [0.29, 0.717) is 18.0 Å². The molecule has 1 N–H and O–H groups in total. The average Bonchev–Trinajstić information content (AvgIpc) is 3.04. The Morgan fingerprint density at radius 3 is 2.60 bits per heavy atom. The number of carbonyl (C=O) groups is 1. The summed E-state index contributed by atoms with van der Waals surface area (Å²) in [5.74, 6) is -0.0357. The first-order valence-corrected chi connectivity index (χ1v) is 8.54. The second kappa shape index (κ2) is 7.99. The van der Waals surface area contributed by atoms with Gasteiger partial charge in [0.25, 0.3) is 0 Å². The van der Waals surface area contributed by atoms with Gasteiger partial charge in [-0.05, 0) is 23.3 Å². The van der Waals surface area contributed by atoms with Crippen molar-refractivity contribution >= 4 is 17.5 Å². The van der Waals surface area contributed by atoms with Crippen LogP contribution in [0.15, 0.2) is 67.0 Å². The molecule has 0 aliphatic heterocycles. The minimum Gasteiger partial charge on any atom is -0.352 e. The summed E-state index contributed by atoms with van der Waals surface area (Å²) in [6.45, 7) is 0.476. The summed E-state index contributed by atoms with van der Waals surface area (Å²) in [7, 11) is 1.86. The molecule has 0 unspecified atom stereocenters. The van der Waals surface area contributed by atoms with Gasteiger partial charge in [0.2, 0.25) is 5.91 Å². The molecule has 128 valence electrons. The number of hydrogen-bond donors (Lipinski definition) is 1. The Labute approximate surface area is 152 Å². The van der Waals surface area contributed by atoms with Crippen LogP contribution in [0.2, 0.25) is 5.02 Å². The van der Waals surface area contributed by atoms with Gasteiger partial charge in [0.1, 0.15) is 0 Å². The van der Waals surface area contributed by atoms with Crippen molar-refractivity contribution in [1.29, 1.82) is 0 Å². The molecule has 0 aliphatic carbocycles. The Balaban J connectivity index is 1.74. The lowest BCUT2D eigenvalue weighted by Crippen LogP contribution is -2.24. The van der Waals surface area contributed by atoms with Crippen molar-refractivity contribution in [3.63, 3.8) is 0 Å². The zero-order valence-electron chi connectivity index (χ0n) is 14.0. The summed E-state index contributed by atoms with van der Waals surface area (Å²) < 4.78 is 1.72. The monoisotopic (exact) mass is 353 g/mol. The molecule has 0 fully saturated rings. The second-order valence-electron chi connectivity index (χ2n) is 6.02. The molecule has 1 heterocycles. The molecule has 25 heavy (non-hydrogen) atoms. The van der Waals surface area contributed by atoms with Gasteiger partial charge in [-0.25, -0.2) is 0 Å². The third-order valence-electron chi connectivity index (χ3n) is 4.09. The Morgan fingerprint density at radius 2 is 1.92 bits per heavy atom. The van der Waals surface area contributed by atoms with E-state index in [0.717, 1.165) is 16.7 Å². The number of aryl methyl sites for hydroxylation is 1. The lowest BCUT2D eigenvalue weighted by atomic mass is 9.88. The molecule has 1 aromatic heterocycles. The van der Waals surface area contributed by atoms with Crippen LogP contribution in [0, 0.1) is 0 Å². The van der Waals surface area contributed by atoms with Crippen LogP contribution in [-0.4, -0.2) is 15.7 Å². The highest BCUT2D eigenvalue weighted by Gasteiger charge is 2.18. The Hall–Kier alpha value is -2.59. The summed E-state index contributed by atoms with van der Waals surface area (Å²) in [5, 5.41) is 7.76. The van der Waals surface area contributed by atoms with E-state index in [-0.39, 0.29) is 11.8 Å². The molecule has 4 nitrogen and oxygen atoms in total. The minimum atomic E-state index is -0.0335. The maximum atomic E-state index is 12.5. The number of nitrogens with one attached hydrogen (secondary N) is 1. The van der Waals surface area contributed by atoms with Gasteiger partial charge in [0, 0.05) is 42.7 Å². The van der Waals surface area contributed by atoms with E-state index >= 15 is 0 Å². The van der Waals surface area contributed by atoms with Crippen molar-refractivity contribution in [2.45, 2.75) is 18.9 Å². The summed E-state index contributed by atoms with van der Waals surface area (Å²) in [6.07, 6.45) is 4.02. The van der Waals surface area contributed by atoms with E-state index in [4.69, 9.17) is 11.6 Å². The van der Waals surface area contributed by atoms with Crippen molar-refractivity contribution < 1.29 is 4.79 Å². The van der Waals surface area contributed by atoms with E-state index in [1.807, 2.05) is 67.8 Å². The number of amides is 1. The largest absolute Gasteiger partial charge is 0.352 e. The van der Waals surface area contributed by atoms with Crippen LogP contribution in [-0.2, 0) is 18.4 Å². The van der Waals surface area contributed by atoms with Crippen LogP contribution in [0.3, 0.4) is 0 Å². The summed E-state index contributed by atoms with van der Waals surface area (Å²) in [4.78, 5) is 12.5. The van der Waals surface area contributed by atoms with Gasteiger partial charge in [0.15, 0.2) is 0 Å². The number of benzene rings is 2. The fourth-order valence-corrected chi connectivity index (χ4v) is 3.06. The average molecular weight is 354 g/mol. The highest BCUT2D eigenvalue weighted by atomic mass is 35.5. The number of aromatic nitrogens is 2. The SMILES string of the molecule is Cn1cc(CNC(=O)C[C@H](c2ccccc2)c2cccc(Cl)c2)cn1. The van der Waals surface area contributed by atoms with Gasteiger partial charge in [-0.15, -0.1) is 0 Å². The fourth-order valence-electron chi connectivity index (χ4n) is 2.86. The van der Waals surface area contributed by atoms with E-state index in [2.05, 4.69) is 10.4 Å². The smallest absolute Gasteiger partial charge is 0.221 e. The maximum absolute atomic E-state index is 12.5. The number of rotatable bonds is 6. The summed E-state index contributed by atoms with van der Waals surface area (Å²) in [6, 6.07) is 17.7. The van der Waals surface area contributed by atoms with Crippen molar-refractivity contribution in [3.8, 4) is 0 Å². The predicted molar refractivity (Wildman–Crippen MR) is 99.4 cm³/mol. The molecule has 0 radical (unpaired) electrons. The van der Waals surface area contributed by atoms with Crippen molar-refractivity contribution in [2.24, 2.45) is 7.05 Å². The normalized spacial score (nSPS) is 11.9. The van der Waals surface area contributed by atoms with Crippen LogP contribution in [0.25, 0.3) is 0 Å². The zero-order valence-corrected chi connectivity index (χ0v) is 14.8. The number of hydrogen-bond acceptors (Lipinski definition) is 2. The molecule has 0 spiro atoms. The third kappa shape index (κ3) is 4.70. The van der Waals surface area contributed by atoms with Crippen LogP contribution in [0.5, 0.6) is 0 Å². The van der Waals surface area contributed by atoms with E-state index in [9.17, 15) is 4.79 Å². The highest BCUT2D eigenvalue weighted by molar-refractivity contribution is 6.30. The number of halogens is 1. The molecular weight excluding hydrogens is 334 g/mol. The quantitative estimate of drug-likeness (QED) is 0.730. The molecule has 3 aromatic rings. The first-order chi connectivity index (χ1) is 12.1. The third-order valence-corrected chi connectivity index (χ3v) is 4.33. The van der Waals surface area contributed by atoms with Gasteiger partial charge in [-0.1, -0.05) is 54.1 Å². The second-order valence-corrected chi connectivity index (χ2v) is 6.46. The minimum absolute atomic E-state index is 0.00215. The first-order valence-electron chi connectivity index (χ1n) is 8.16. The van der Waals surface area contributed by atoms with Gasteiger partial charge in [-0.3, -0.25) is 9.48 Å². The molecule has 0 saturated carbocycles. The lowest BCUT2D eigenvalue weighted by Gasteiger charge is -2.18. The molecule has 2 aromatic carbocycles. The van der Waals surface area contributed by atoms with Crippen LogP contribution in [0.4, 0.5) is 0 Å². The number of nitrogens with zero attached hydrogens (tertiary/aromatic N) is 2. The molecule has 1 amide bonds. The Bertz CT molecular complexity index is 845. The molecule has 0 aliphatic rings. The zero-order chi connectivity index (χ0) is 17.6. The van der Waals surface area contributed by atoms with Crippen LogP contribution in [0.1, 0.15) is 29.0 Å². The topological polar surface area (TPSA) is 46.9 Å². The van der Waals surface area contributed by atoms with E-state index in [1.165, 1.54) is 0 Å². The first kappa shape index (κ1) is 17.2. The maximum Gasteiger partial charge on any atom is 0.221 e. The summed E-state index contributed by atoms with van der Waals surface area (Å²) >= 11 is 6.15. The molecule has 3 rings (SSSR count). The Kier molecular flexibility index (Phi) is 5.51. The van der Waals surface area contributed by atoms with Crippen LogP contribution < -0.4 is 5.32 Å². The van der Waals surface area contributed by atoms with Gasteiger partial charge in [0.05, 0.1) is 6.20 Å².